The first-order valence-corrected chi connectivity index (χ1v) is 30.6. The van der Waals surface area contributed by atoms with Gasteiger partial charge in [0.05, 0.1) is 14.3 Å². The molecule has 8 saturated carbocycles. The molecule has 8 bridgehead atoms. The van der Waals surface area contributed by atoms with E-state index in [1.54, 1.807) is 0 Å². The van der Waals surface area contributed by atoms with Crippen LogP contribution < -0.4 is 40.2 Å². The Kier molecular flexibility index (Phi) is 15.5. The van der Waals surface area contributed by atoms with Gasteiger partial charge in [-0.25, -0.2) is 9.59 Å². The highest BCUT2D eigenvalue weighted by atomic mass is 127. The van der Waals surface area contributed by atoms with Crippen LogP contribution in [-0.2, 0) is 32.3 Å². The molecule has 67 heavy (non-hydrogen) atoms. The van der Waals surface area contributed by atoms with Crippen molar-refractivity contribution in [3.05, 3.63) is 105 Å². The van der Waals surface area contributed by atoms with Gasteiger partial charge in [0, 0.05) is 0 Å². The van der Waals surface area contributed by atoms with Gasteiger partial charge in [-0.2, -0.15) is 0 Å². The third-order valence-electron chi connectivity index (χ3n) is 16.2. The fourth-order valence-corrected chi connectivity index (χ4v) is 20.2. The minimum atomic E-state index is -0.383. The molecule has 8 nitrogen and oxygen atoms in total. The molecule has 12 rings (SSSR count). The molecule has 0 atom stereocenters. The van der Waals surface area contributed by atoms with Gasteiger partial charge in [-0.15, -0.1) is 0 Å². The van der Waals surface area contributed by atoms with Crippen LogP contribution in [0.25, 0.3) is 0 Å². The first-order chi connectivity index (χ1) is 32.4. The predicted molar refractivity (Wildman–Crippen MR) is 286 cm³/mol. The number of hydrogen-bond acceptors (Lipinski definition) is 8. The topological polar surface area (TPSA) is 89.5 Å². The van der Waals surface area contributed by atoms with Gasteiger partial charge in [-0.1, -0.05) is 13.8 Å². The molecule has 8 aliphatic rings. The molecule has 4 aromatic rings. The molecule has 8 fully saturated rings. The largest absolute Gasteiger partial charge is 0.489 e. The van der Waals surface area contributed by atoms with Crippen molar-refractivity contribution in [1.82, 2.24) is 0 Å². The SMILES string of the molecule is CCC1(OC(=O)COc2c(I)cc(COc3ccc([I+]c4ccc(OCc5cc(I)c(OCC(=O)OC6(CC)C7CC8CC(C7)CC6C8)c(I)c5)cc4)cc3)cc2I)C2CC3CC(C2)CC1C3. The summed E-state index contributed by atoms with van der Waals surface area (Å²) in [7, 11) is 0. The molecular weight excluding hydrogens is 1410 g/mol. The molecule has 0 aliphatic heterocycles. The van der Waals surface area contributed by atoms with Gasteiger partial charge >= 0.3 is 33.1 Å². The maximum absolute atomic E-state index is 13.3. The molecule has 0 spiro atoms. The van der Waals surface area contributed by atoms with E-state index in [1.807, 2.05) is 24.3 Å². The summed E-state index contributed by atoms with van der Waals surface area (Å²) in [4.78, 5) is 26.5. The van der Waals surface area contributed by atoms with Crippen molar-refractivity contribution in [2.75, 3.05) is 13.2 Å². The summed E-state index contributed by atoms with van der Waals surface area (Å²) in [5.41, 5.74) is 1.47. The fourth-order valence-electron chi connectivity index (χ4n) is 13.7. The second kappa shape index (κ2) is 21.0. The van der Waals surface area contributed by atoms with E-state index in [4.69, 9.17) is 28.4 Å². The molecule has 356 valence electrons. The van der Waals surface area contributed by atoms with Crippen LogP contribution in [-0.4, -0.2) is 36.4 Å². The lowest BCUT2D eigenvalue weighted by atomic mass is 9.49. The summed E-state index contributed by atoms with van der Waals surface area (Å²) >= 11 is 8.78. The van der Waals surface area contributed by atoms with E-state index in [-0.39, 0.29) is 57.6 Å². The summed E-state index contributed by atoms with van der Waals surface area (Å²) in [5.74, 6) is 7.93. The van der Waals surface area contributed by atoms with E-state index in [1.165, 1.54) is 71.3 Å². The zero-order chi connectivity index (χ0) is 46.5. The van der Waals surface area contributed by atoms with Gasteiger partial charge in [0.25, 0.3) is 0 Å². The van der Waals surface area contributed by atoms with Crippen molar-refractivity contribution in [2.24, 2.45) is 47.3 Å². The summed E-state index contributed by atoms with van der Waals surface area (Å²) in [6, 6.07) is 25.1. The van der Waals surface area contributed by atoms with E-state index < -0.39 is 0 Å². The van der Waals surface area contributed by atoms with E-state index >= 15 is 0 Å². The molecule has 8 aliphatic carbocycles. The Labute approximate surface area is 460 Å². The quantitative estimate of drug-likeness (QED) is 0.0719. The lowest BCUT2D eigenvalue weighted by Gasteiger charge is -2.60. The molecule has 0 saturated heterocycles. The highest BCUT2D eigenvalue weighted by Gasteiger charge is 2.60. The normalized spacial score (nSPS) is 29.7. The standard InChI is InChI=1S/C54H58I5O8/c1-3-53(37-15-31-13-32(17-37)18-38(53)16-31)66-49(60)29-64-51-45(55)23-35(24-46(51)56)27-62-43-9-5-41(6-10-43)59-42-7-11-44(12-8-42)63-28-36-25-47(57)52(48(58)26-36)65-30-50(61)67-54(4-2)39-19-33-14-34(21-39)22-40(54)20-33/h5-12,23-26,31-34,37-40H,3-4,13-22,27-30H2,1-2H3/q+1. The van der Waals surface area contributed by atoms with Gasteiger partial charge in [-0.05, 0) is 299 Å². The summed E-state index contributed by atoms with van der Waals surface area (Å²) in [6.07, 6.45) is 14.2. The Morgan fingerprint density at radius 1 is 0.493 bits per heavy atom. The van der Waals surface area contributed by atoms with E-state index in [0.717, 1.165) is 84.9 Å². The van der Waals surface area contributed by atoms with E-state index in [9.17, 15) is 9.59 Å². The maximum Gasteiger partial charge on any atom is 0.357 e. The number of carbonyl (C=O) groups is 2. The number of benzene rings is 4. The molecule has 0 aromatic heterocycles. The van der Waals surface area contributed by atoms with Crippen LogP contribution in [0.3, 0.4) is 0 Å². The third kappa shape index (κ3) is 10.6. The molecule has 0 unspecified atom stereocenters. The maximum atomic E-state index is 13.3. The van der Waals surface area contributed by atoms with Crippen LogP contribution in [0, 0.1) is 68.8 Å². The lowest BCUT2D eigenvalue weighted by molar-refractivity contribution is -0.597. The van der Waals surface area contributed by atoms with Gasteiger partial charge in [0.15, 0.2) is 20.4 Å². The molecule has 0 heterocycles. The number of ether oxygens (including phenoxy) is 6. The van der Waals surface area contributed by atoms with Crippen LogP contribution in [0.5, 0.6) is 23.0 Å². The van der Waals surface area contributed by atoms with Crippen molar-refractivity contribution in [3.63, 3.8) is 0 Å². The van der Waals surface area contributed by atoms with Crippen molar-refractivity contribution in [1.29, 1.82) is 0 Å². The zero-order valence-electron chi connectivity index (χ0n) is 38.0. The van der Waals surface area contributed by atoms with Gasteiger partial charge in [0.2, 0.25) is 0 Å². The smallest absolute Gasteiger partial charge is 0.357 e. The van der Waals surface area contributed by atoms with Crippen molar-refractivity contribution >= 4 is 102 Å². The zero-order valence-corrected chi connectivity index (χ0v) is 48.8. The Morgan fingerprint density at radius 3 is 1.10 bits per heavy atom. The Hall–Kier alpha value is -1.33. The van der Waals surface area contributed by atoms with Crippen molar-refractivity contribution in [2.45, 2.75) is 115 Å². The number of carbonyl (C=O) groups excluding carboxylic acids is 2. The molecule has 4 aromatic carbocycles. The molecule has 0 N–H and O–H groups in total. The molecular formula is C54H58I5O8+. The minimum absolute atomic E-state index is 0.0723. The first kappa shape index (κ1) is 49.3. The van der Waals surface area contributed by atoms with Gasteiger partial charge in [-0.3, -0.25) is 0 Å². The van der Waals surface area contributed by atoms with Crippen LogP contribution in [0.1, 0.15) is 102 Å². The molecule has 13 heteroatoms. The number of halogens is 5. The average molecular weight is 1470 g/mol. The van der Waals surface area contributed by atoms with E-state index in [2.05, 4.69) is 153 Å². The summed E-state index contributed by atoms with van der Waals surface area (Å²) < 4.78 is 43.9. The second-order valence-electron chi connectivity index (χ2n) is 20.1. The lowest BCUT2D eigenvalue weighted by Crippen LogP contribution is -3.61. The molecule has 0 amide bonds. The van der Waals surface area contributed by atoms with Crippen LogP contribution >= 0.6 is 90.4 Å². The molecule has 0 radical (unpaired) electrons. The van der Waals surface area contributed by atoms with Crippen LogP contribution in [0.15, 0.2) is 72.8 Å². The van der Waals surface area contributed by atoms with E-state index in [0.29, 0.717) is 36.9 Å². The number of rotatable bonds is 18. The highest BCUT2D eigenvalue weighted by molar-refractivity contribution is 14.1. The van der Waals surface area contributed by atoms with Gasteiger partial charge in [0.1, 0.15) is 47.4 Å². The monoisotopic (exact) mass is 1470 g/mol. The van der Waals surface area contributed by atoms with Crippen molar-refractivity contribution in [3.8, 4) is 23.0 Å². The summed E-state index contributed by atoms with van der Waals surface area (Å²) in [6.45, 7) is 5.11. The predicted octanol–water partition coefficient (Wildman–Crippen LogP) is 10.4. The number of esters is 2. The van der Waals surface area contributed by atoms with Crippen molar-refractivity contribution < 1.29 is 59.2 Å². The van der Waals surface area contributed by atoms with Crippen LogP contribution in [0.2, 0.25) is 0 Å². The fraction of sp³-hybridized carbons (Fsp3) is 0.519. The average Bonchev–Trinajstić information content (AvgIpc) is 3.30. The highest BCUT2D eigenvalue weighted by Crippen LogP contribution is 2.62. The minimum Gasteiger partial charge on any atom is -0.489 e. The first-order valence-electron chi connectivity index (χ1n) is 24.1. The third-order valence-corrected chi connectivity index (χ3v) is 22.1. The summed E-state index contributed by atoms with van der Waals surface area (Å²) in [5, 5.41) is 0. The van der Waals surface area contributed by atoms with Gasteiger partial charge < -0.3 is 28.4 Å². The Bertz CT molecular complexity index is 2190. The number of hydrogen-bond donors (Lipinski definition) is 0. The van der Waals surface area contributed by atoms with Crippen LogP contribution in [0.4, 0.5) is 0 Å². The Balaban J connectivity index is 0.659. The second-order valence-corrected chi connectivity index (χ2v) is 27.8. The Morgan fingerprint density at radius 2 is 0.806 bits per heavy atom.